The van der Waals surface area contributed by atoms with Crippen LogP contribution in [0.3, 0.4) is 0 Å². The number of hydrogen-bond donors (Lipinski definition) is 2. The fraction of sp³-hybridized carbons (Fsp3) is 0.500. The highest BCUT2D eigenvalue weighted by atomic mass is 16.4. The molecule has 1 amide bonds. The molecule has 1 aromatic carbocycles. The first kappa shape index (κ1) is 15.5. The molecule has 21 heavy (non-hydrogen) atoms. The van der Waals surface area contributed by atoms with Crippen LogP contribution in [0.15, 0.2) is 24.3 Å². The van der Waals surface area contributed by atoms with Crippen molar-refractivity contribution in [2.24, 2.45) is 11.1 Å². The lowest BCUT2D eigenvalue weighted by Crippen LogP contribution is -2.36. The number of nitrogens with zero attached hydrogens (tertiary/aromatic N) is 1. The number of carbonyl (C=O) groups excluding carboxylic acids is 1. The normalized spacial score (nSPS) is 23.9. The summed E-state index contributed by atoms with van der Waals surface area (Å²) in [4.78, 5) is 24.6. The van der Waals surface area contributed by atoms with Gasteiger partial charge in [-0.25, -0.2) is 0 Å². The Balaban J connectivity index is 1.99. The summed E-state index contributed by atoms with van der Waals surface area (Å²) in [6, 6.07) is 7.62. The lowest BCUT2D eigenvalue weighted by Gasteiger charge is -2.21. The highest BCUT2D eigenvalue weighted by Crippen LogP contribution is 2.30. The number of nitrogens with two attached hydrogens (primary N) is 1. The minimum absolute atomic E-state index is 0.240. The number of carboxylic acid groups (broad SMARTS) is 1. The van der Waals surface area contributed by atoms with Gasteiger partial charge in [-0.05, 0) is 37.9 Å². The van der Waals surface area contributed by atoms with Gasteiger partial charge >= 0.3 is 5.97 Å². The molecule has 1 aliphatic rings. The first-order chi connectivity index (χ1) is 9.82. The molecule has 0 bridgehead atoms. The number of carbonyl (C=O) groups is 2. The summed E-state index contributed by atoms with van der Waals surface area (Å²) >= 11 is 0. The molecule has 1 fully saturated rings. The van der Waals surface area contributed by atoms with E-state index in [0.29, 0.717) is 6.54 Å². The zero-order valence-electron chi connectivity index (χ0n) is 12.5. The van der Waals surface area contributed by atoms with Crippen molar-refractivity contribution in [3.63, 3.8) is 0 Å². The quantitative estimate of drug-likeness (QED) is 0.862. The maximum absolute atomic E-state index is 11.4. The number of hydrogen-bond acceptors (Lipinski definition) is 3. The van der Waals surface area contributed by atoms with Crippen LogP contribution < -0.4 is 5.73 Å². The van der Waals surface area contributed by atoms with Crippen LogP contribution in [0.1, 0.15) is 37.3 Å². The van der Waals surface area contributed by atoms with E-state index in [0.717, 1.165) is 30.6 Å². The summed E-state index contributed by atoms with van der Waals surface area (Å²) in [7, 11) is 0. The van der Waals surface area contributed by atoms with Crippen molar-refractivity contribution in [3.8, 4) is 0 Å². The fourth-order valence-corrected chi connectivity index (χ4v) is 2.71. The van der Waals surface area contributed by atoms with Crippen LogP contribution in [0, 0.1) is 5.41 Å². The number of rotatable bonds is 5. The van der Waals surface area contributed by atoms with E-state index >= 15 is 0 Å². The van der Waals surface area contributed by atoms with Gasteiger partial charge in [0.05, 0.1) is 11.3 Å². The van der Waals surface area contributed by atoms with Crippen LogP contribution in [0.2, 0.25) is 0 Å². The average molecular weight is 290 g/mol. The van der Waals surface area contributed by atoms with E-state index in [1.807, 2.05) is 31.2 Å². The molecule has 5 nitrogen and oxygen atoms in total. The number of amides is 1. The van der Waals surface area contributed by atoms with Crippen LogP contribution in [0.25, 0.3) is 0 Å². The van der Waals surface area contributed by atoms with Crippen LogP contribution in [0.5, 0.6) is 0 Å². The second-order valence-electron chi connectivity index (χ2n) is 6.19. The van der Waals surface area contributed by atoms with Crippen molar-refractivity contribution in [1.29, 1.82) is 0 Å². The zero-order valence-corrected chi connectivity index (χ0v) is 12.5. The van der Waals surface area contributed by atoms with E-state index in [1.54, 1.807) is 6.92 Å². The molecule has 2 unspecified atom stereocenters. The van der Waals surface area contributed by atoms with Gasteiger partial charge in [0.2, 0.25) is 5.91 Å². The highest BCUT2D eigenvalue weighted by Gasteiger charge is 2.38. The Labute approximate surface area is 124 Å². The van der Waals surface area contributed by atoms with Gasteiger partial charge in [-0.3, -0.25) is 14.5 Å². The maximum Gasteiger partial charge on any atom is 0.310 e. The predicted octanol–water partition coefficient (Wildman–Crippen LogP) is 1.57. The number of carboxylic acids is 1. The Morgan fingerprint density at radius 3 is 2.48 bits per heavy atom. The number of likely N-dealkylation sites (tertiary alicyclic amines) is 1. The van der Waals surface area contributed by atoms with E-state index in [-0.39, 0.29) is 5.91 Å². The van der Waals surface area contributed by atoms with Crippen molar-refractivity contribution in [1.82, 2.24) is 4.90 Å². The topological polar surface area (TPSA) is 83.6 Å². The minimum atomic E-state index is -0.820. The Morgan fingerprint density at radius 2 is 2.00 bits per heavy atom. The molecule has 1 saturated heterocycles. The molecular formula is C16H22N2O3. The smallest absolute Gasteiger partial charge is 0.310 e. The highest BCUT2D eigenvalue weighted by molar-refractivity contribution is 5.81. The van der Waals surface area contributed by atoms with E-state index in [4.69, 9.17) is 10.8 Å². The van der Waals surface area contributed by atoms with Crippen molar-refractivity contribution in [3.05, 3.63) is 35.4 Å². The predicted molar refractivity (Wildman–Crippen MR) is 79.7 cm³/mol. The Hall–Kier alpha value is -1.88. The van der Waals surface area contributed by atoms with E-state index < -0.39 is 17.3 Å². The van der Waals surface area contributed by atoms with Gasteiger partial charge < -0.3 is 10.8 Å². The Bertz CT molecular complexity index is 541. The second kappa shape index (κ2) is 5.85. The molecule has 0 radical (unpaired) electrons. The monoisotopic (exact) mass is 290 g/mol. The third-order valence-corrected chi connectivity index (χ3v) is 4.40. The first-order valence-corrected chi connectivity index (χ1v) is 7.16. The summed E-state index contributed by atoms with van der Waals surface area (Å²) in [5.41, 5.74) is 6.93. The first-order valence-electron chi connectivity index (χ1n) is 7.16. The van der Waals surface area contributed by atoms with E-state index in [9.17, 15) is 9.59 Å². The molecule has 3 N–H and O–H groups in total. The number of benzene rings is 1. The van der Waals surface area contributed by atoms with Crippen LogP contribution >= 0.6 is 0 Å². The lowest BCUT2D eigenvalue weighted by atomic mass is 9.89. The molecule has 1 heterocycles. The van der Waals surface area contributed by atoms with E-state index in [1.165, 1.54) is 0 Å². The third kappa shape index (κ3) is 3.42. The van der Waals surface area contributed by atoms with E-state index in [2.05, 4.69) is 4.90 Å². The minimum Gasteiger partial charge on any atom is -0.481 e. The lowest BCUT2D eigenvalue weighted by molar-refractivity contribution is -0.138. The average Bonchev–Trinajstić information content (AvgIpc) is 2.81. The molecule has 2 atom stereocenters. The van der Waals surface area contributed by atoms with Crippen LogP contribution in [-0.2, 0) is 16.1 Å². The van der Waals surface area contributed by atoms with Gasteiger partial charge in [-0.15, -0.1) is 0 Å². The summed E-state index contributed by atoms with van der Waals surface area (Å²) in [5.74, 6) is -1.56. The molecular weight excluding hydrogens is 268 g/mol. The summed E-state index contributed by atoms with van der Waals surface area (Å²) in [5, 5.41) is 8.99. The summed E-state index contributed by atoms with van der Waals surface area (Å²) in [6.07, 6.45) is 0.788. The molecule has 0 spiro atoms. The molecule has 2 rings (SSSR count). The molecule has 5 heteroatoms. The molecule has 0 saturated carbocycles. The zero-order chi connectivity index (χ0) is 15.6. The van der Waals surface area contributed by atoms with Gasteiger partial charge in [0, 0.05) is 13.1 Å². The van der Waals surface area contributed by atoms with Gasteiger partial charge in [0.1, 0.15) is 0 Å². The molecule has 0 aliphatic carbocycles. The van der Waals surface area contributed by atoms with Crippen molar-refractivity contribution >= 4 is 11.9 Å². The molecule has 1 aromatic rings. The largest absolute Gasteiger partial charge is 0.481 e. The SMILES string of the molecule is CC(C(=O)O)c1ccc(CN2CCC(C)(C(N)=O)C2)cc1. The van der Waals surface area contributed by atoms with Crippen molar-refractivity contribution in [2.45, 2.75) is 32.7 Å². The Kier molecular flexibility index (Phi) is 4.32. The number of primary amides is 1. The second-order valence-corrected chi connectivity index (χ2v) is 6.19. The maximum atomic E-state index is 11.4. The molecule has 1 aliphatic heterocycles. The molecule has 0 aromatic heterocycles. The summed E-state index contributed by atoms with van der Waals surface area (Å²) in [6.45, 7) is 5.87. The van der Waals surface area contributed by atoms with Gasteiger partial charge in [-0.1, -0.05) is 24.3 Å². The van der Waals surface area contributed by atoms with Crippen LogP contribution in [0.4, 0.5) is 0 Å². The van der Waals surface area contributed by atoms with Crippen LogP contribution in [-0.4, -0.2) is 35.0 Å². The van der Waals surface area contributed by atoms with Gasteiger partial charge in [-0.2, -0.15) is 0 Å². The number of aliphatic carboxylic acids is 1. The van der Waals surface area contributed by atoms with Crippen molar-refractivity contribution < 1.29 is 14.7 Å². The third-order valence-electron chi connectivity index (χ3n) is 4.40. The standard InChI is InChI=1S/C16H22N2O3/c1-11(14(19)20)13-5-3-12(4-6-13)9-18-8-7-16(2,10-18)15(17)21/h3-6,11H,7-10H2,1-2H3,(H2,17,21)(H,19,20). The molecule has 114 valence electrons. The fourth-order valence-electron chi connectivity index (χ4n) is 2.71. The van der Waals surface area contributed by atoms with Crippen molar-refractivity contribution in [2.75, 3.05) is 13.1 Å². The van der Waals surface area contributed by atoms with Gasteiger partial charge in [0.15, 0.2) is 0 Å². The Morgan fingerprint density at radius 1 is 1.38 bits per heavy atom. The van der Waals surface area contributed by atoms with Gasteiger partial charge in [0.25, 0.3) is 0 Å². The summed E-state index contributed by atoms with van der Waals surface area (Å²) < 4.78 is 0.